The van der Waals surface area contributed by atoms with Gasteiger partial charge in [-0.1, -0.05) is 18.0 Å². The summed E-state index contributed by atoms with van der Waals surface area (Å²) in [5, 5.41) is 10.6. The topological polar surface area (TPSA) is 105 Å². The van der Waals surface area contributed by atoms with Crippen molar-refractivity contribution in [1.82, 2.24) is 30.0 Å². The lowest BCUT2D eigenvalue weighted by atomic mass is 9.88. The van der Waals surface area contributed by atoms with Crippen molar-refractivity contribution < 1.29 is 9.59 Å². The minimum absolute atomic E-state index is 0.176. The molecule has 0 unspecified atom stereocenters. The zero-order chi connectivity index (χ0) is 22.0. The number of hydrogen-bond donors (Lipinski definition) is 2. The lowest BCUT2D eigenvalue weighted by Gasteiger charge is -2.38. The molecule has 31 heavy (non-hydrogen) atoms. The molecule has 0 atom stereocenters. The fraction of sp³-hybridized carbons (Fsp3) is 0.381. The third-order valence-electron chi connectivity index (χ3n) is 5.66. The van der Waals surface area contributed by atoms with Crippen LogP contribution in [0.1, 0.15) is 39.0 Å². The lowest BCUT2D eigenvalue weighted by molar-refractivity contribution is -0.121. The molecule has 10 heteroatoms. The number of carbonyl (C=O) groups is 2. The van der Waals surface area contributed by atoms with Crippen LogP contribution in [0.25, 0.3) is 11.1 Å². The molecule has 1 aliphatic carbocycles. The molecule has 0 radical (unpaired) electrons. The Morgan fingerprint density at radius 3 is 2.74 bits per heavy atom. The first-order chi connectivity index (χ1) is 14.9. The Hall–Kier alpha value is -3.20. The Labute approximate surface area is 185 Å². The summed E-state index contributed by atoms with van der Waals surface area (Å²) >= 11 is 6.53. The summed E-state index contributed by atoms with van der Waals surface area (Å²) < 4.78 is 1.70. The van der Waals surface area contributed by atoms with E-state index < -0.39 is 5.66 Å². The number of nitrogens with one attached hydrogen (secondary N) is 2. The summed E-state index contributed by atoms with van der Waals surface area (Å²) in [5.74, 6) is 0.249. The molecule has 2 aliphatic rings. The smallest absolute Gasteiger partial charge is 0.271 e. The molecule has 2 aromatic heterocycles. The summed E-state index contributed by atoms with van der Waals surface area (Å²) in [4.78, 5) is 34.5. The van der Waals surface area contributed by atoms with Gasteiger partial charge in [0.1, 0.15) is 23.5 Å². The minimum atomic E-state index is -0.665. The van der Waals surface area contributed by atoms with Crippen molar-refractivity contribution in [3.05, 3.63) is 47.4 Å². The molecular weight excluding hydrogens is 418 g/mol. The average molecular weight is 442 g/mol. The zero-order valence-electron chi connectivity index (χ0n) is 17.4. The van der Waals surface area contributed by atoms with E-state index in [1.54, 1.807) is 23.2 Å². The Balaban J connectivity index is 1.62. The average Bonchev–Trinajstić information content (AvgIpc) is 3.29. The fourth-order valence-electron chi connectivity index (χ4n) is 4.22. The van der Waals surface area contributed by atoms with Crippen LogP contribution in [0, 0.1) is 0 Å². The van der Waals surface area contributed by atoms with Crippen LogP contribution in [0.15, 0.2) is 47.4 Å². The number of nitrogens with zero attached hydrogens (tertiary/aromatic N) is 5. The van der Waals surface area contributed by atoms with Crippen molar-refractivity contribution in [3.63, 3.8) is 0 Å². The number of halogens is 1. The molecule has 2 fully saturated rings. The molecule has 162 valence electrons. The SMILES string of the molecule is C/C(=C\C(Cl)=C1\C(=O)NC2(CCCCC2)N1C=O)Nc1ncncc1-c1cnn(C)c1. The molecule has 9 nitrogen and oxygen atoms in total. The first-order valence-corrected chi connectivity index (χ1v) is 10.5. The van der Waals surface area contributed by atoms with Gasteiger partial charge >= 0.3 is 0 Å². The van der Waals surface area contributed by atoms with Crippen LogP contribution in [-0.4, -0.2) is 42.6 Å². The quantitative estimate of drug-likeness (QED) is 0.546. The number of anilines is 1. The maximum atomic E-state index is 12.7. The molecule has 1 aliphatic heterocycles. The van der Waals surface area contributed by atoms with Gasteiger partial charge in [0.05, 0.1) is 11.2 Å². The first-order valence-electron chi connectivity index (χ1n) is 10.1. The van der Waals surface area contributed by atoms with E-state index in [0.29, 0.717) is 17.9 Å². The van der Waals surface area contributed by atoms with Gasteiger partial charge in [0.2, 0.25) is 6.41 Å². The van der Waals surface area contributed by atoms with E-state index in [2.05, 4.69) is 25.7 Å². The van der Waals surface area contributed by atoms with E-state index in [-0.39, 0.29) is 16.6 Å². The Bertz CT molecular complexity index is 1070. The first kappa shape index (κ1) is 21.0. The highest BCUT2D eigenvalue weighted by Gasteiger charge is 2.48. The summed E-state index contributed by atoms with van der Waals surface area (Å²) in [6.07, 6.45) is 13.5. The van der Waals surface area contributed by atoms with Gasteiger partial charge in [-0.3, -0.25) is 19.2 Å². The van der Waals surface area contributed by atoms with Gasteiger partial charge in [-0.05, 0) is 38.7 Å². The fourth-order valence-corrected chi connectivity index (χ4v) is 4.56. The molecule has 0 aromatic carbocycles. The van der Waals surface area contributed by atoms with E-state index in [1.165, 1.54) is 11.2 Å². The summed E-state index contributed by atoms with van der Waals surface area (Å²) in [6.45, 7) is 1.81. The molecule has 1 saturated carbocycles. The molecule has 1 saturated heterocycles. The predicted octanol–water partition coefficient (Wildman–Crippen LogP) is 2.89. The normalized spacial score (nSPS) is 20.0. The summed E-state index contributed by atoms with van der Waals surface area (Å²) in [6, 6.07) is 0. The molecule has 2 N–H and O–H groups in total. The van der Waals surface area contributed by atoms with Crippen molar-refractivity contribution in [3.8, 4) is 11.1 Å². The largest absolute Gasteiger partial charge is 0.343 e. The van der Waals surface area contributed by atoms with Crippen LogP contribution in [0.5, 0.6) is 0 Å². The van der Waals surface area contributed by atoms with Crippen LogP contribution < -0.4 is 10.6 Å². The summed E-state index contributed by atoms with van der Waals surface area (Å²) in [5.41, 5.74) is 1.81. The number of allylic oxidation sites excluding steroid dienone is 3. The second kappa shape index (κ2) is 8.50. The van der Waals surface area contributed by atoms with Gasteiger partial charge in [0.15, 0.2) is 0 Å². The van der Waals surface area contributed by atoms with Crippen molar-refractivity contribution >= 4 is 29.7 Å². The van der Waals surface area contributed by atoms with Crippen LogP contribution in [0.4, 0.5) is 5.82 Å². The van der Waals surface area contributed by atoms with Crippen LogP contribution in [0.3, 0.4) is 0 Å². The van der Waals surface area contributed by atoms with E-state index in [0.717, 1.165) is 43.2 Å². The van der Waals surface area contributed by atoms with Gasteiger partial charge in [0, 0.05) is 36.3 Å². The van der Waals surface area contributed by atoms with Gasteiger partial charge in [0.25, 0.3) is 5.91 Å². The van der Waals surface area contributed by atoms with E-state index >= 15 is 0 Å². The van der Waals surface area contributed by atoms with Gasteiger partial charge < -0.3 is 10.6 Å². The number of hydrogen-bond acceptors (Lipinski definition) is 6. The number of carbonyl (C=O) groups excluding carboxylic acids is 2. The molecule has 3 heterocycles. The minimum Gasteiger partial charge on any atom is -0.343 e. The molecule has 4 rings (SSSR count). The van der Waals surface area contributed by atoms with Crippen molar-refractivity contribution in [2.24, 2.45) is 7.05 Å². The van der Waals surface area contributed by atoms with Gasteiger partial charge in [-0.2, -0.15) is 5.10 Å². The maximum Gasteiger partial charge on any atom is 0.271 e. The highest BCUT2D eigenvalue weighted by atomic mass is 35.5. The Kier molecular flexibility index (Phi) is 5.77. The second-order valence-corrected chi connectivity index (χ2v) is 8.27. The van der Waals surface area contributed by atoms with E-state index in [1.807, 2.05) is 20.2 Å². The van der Waals surface area contributed by atoms with Gasteiger partial charge in [-0.25, -0.2) is 9.97 Å². The molecule has 2 amide bonds. The van der Waals surface area contributed by atoms with Crippen molar-refractivity contribution in [2.45, 2.75) is 44.7 Å². The Morgan fingerprint density at radius 2 is 2.06 bits per heavy atom. The maximum absolute atomic E-state index is 12.7. The lowest BCUT2D eigenvalue weighted by Crippen LogP contribution is -2.52. The third-order valence-corrected chi connectivity index (χ3v) is 5.95. The Morgan fingerprint density at radius 1 is 1.29 bits per heavy atom. The molecule has 2 aromatic rings. The molecule has 1 spiro atoms. The summed E-state index contributed by atoms with van der Waals surface area (Å²) in [7, 11) is 1.84. The highest BCUT2D eigenvalue weighted by molar-refractivity contribution is 6.33. The van der Waals surface area contributed by atoms with Crippen LogP contribution in [0.2, 0.25) is 0 Å². The third kappa shape index (κ3) is 4.05. The van der Waals surface area contributed by atoms with Crippen LogP contribution in [-0.2, 0) is 16.6 Å². The molecule has 0 bridgehead atoms. The molecular formula is C21H24ClN7O2. The van der Waals surface area contributed by atoms with Crippen LogP contribution >= 0.6 is 11.6 Å². The zero-order valence-corrected chi connectivity index (χ0v) is 18.2. The van der Waals surface area contributed by atoms with E-state index in [9.17, 15) is 9.59 Å². The highest BCUT2D eigenvalue weighted by Crippen LogP contribution is 2.39. The number of amides is 2. The van der Waals surface area contributed by atoms with E-state index in [4.69, 9.17) is 11.6 Å². The van der Waals surface area contributed by atoms with Gasteiger partial charge in [-0.15, -0.1) is 0 Å². The second-order valence-electron chi connectivity index (χ2n) is 7.86. The predicted molar refractivity (Wildman–Crippen MR) is 116 cm³/mol. The number of aryl methyl sites for hydroxylation is 1. The monoisotopic (exact) mass is 441 g/mol. The van der Waals surface area contributed by atoms with Crippen molar-refractivity contribution in [2.75, 3.05) is 5.32 Å². The standard InChI is InChI=1S/C21H24ClN7O2/c1-14(26-19-16(10-23-12-24-19)15-9-25-28(2)11-15)8-17(22)18-20(31)27-21(29(18)13-30)6-4-3-5-7-21/h8-13H,3-7H2,1-2H3,(H,27,31)(H,23,24,26)/b14-8+,18-17+. The number of rotatable bonds is 5. The van der Waals surface area contributed by atoms with Crippen molar-refractivity contribution in [1.29, 1.82) is 0 Å². The number of aromatic nitrogens is 4.